The van der Waals surface area contributed by atoms with Crippen molar-refractivity contribution in [2.75, 3.05) is 0 Å². The number of hydrogen-bond acceptors (Lipinski definition) is 2. The Labute approximate surface area is 151 Å². The Kier molecular flexibility index (Phi) is 4.23. The number of rotatable bonds is 4. The zero-order valence-corrected chi connectivity index (χ0v) is 14.6. The molecule has 2 aliphatic rings. The van der Waals surface area contributed by atoms with E-state index >= 15 is 0 Å². The van der Waals surface area contributed by atoms with Crippen LogP contribution in [0.15, 0.2) is 41.2 Å². The van der Waals surface area contributed by atoms with Crippen molar-refractivity contribution in [1.82, 2.24) is 10.3 Å². The Morgan fingerprint density at radius 1 is 1.15 bits per heavy atom. The Balaban J connectivity index is 1.78. The molecule has 2 heterocycles. The number of carbonyl (C=O) groups is 1. The summed E-state index contributed by atoms with van der Waals surface area (Å²) in [6.07, 6.45) is 5.30. The van der Waals surface area contributed by atoms with E-state index in [9.17, 15) is 14.0 Å². The molecule has 1 aromatic heterocycles. The molecule has 134 valence electrons. The lowest BCUT2D eigenvalue weighted by atomic mass is 9.97. The fourth-order valence-electron chi connectivity index (χ4n) is 3.48. The van der Waals surface area contributed by atoms with Crippen LogP contribution in [0.3, 0.4) is 0 Å². The summed E-state index contributed by atoms with van der Waals surface area (Å²) >= 11 is 0. The van der Waals surface area contributed by atoms with Crippen LogP contribution >= 0.6 is 0 Å². The fraction of sp³-hybridized carbons (Fsp3) is 0.333. The highest BCUT2D eigenvalue weighted by atomic mass is 19.1. The number of aromatic nitrogens is 1. The molecule has 2 fully saturated rings. The van der Waals surface area contributed by atoms with Gasteiger partial charge in [-0.1, -0.05) is 18.2 Å². The number of nitrogens with one attached hydrogen (secondary N) is 2. The molecule has 1 aliphatic carbocycles. The van der Waals surface area contributed by atoms with Crippen LogP contribution in [0, 0.1) is 12.7 Å². The summed E-state index contributed by atoms with van der Waals surface area (Å²) in [6.45, 7) is 1.72. The van der Waals surface area contributed by atoms with Crippen molar-refractivity contribution in [2.24, 2.45) is 0 Å². The second kappa shape index (κ2) is 6.56. The number of amides is 1. The van der Waals surface area contributed by atoms with Crippen molar-refractivity contribution in [3.63, 3.8) is 0 Å². The summed E-state index contributed by atoms with van der Waals surface area (Å²) in [4.78, 5) is 27.0. The molecule has 1 aromatic carbocycles. The van der Waals surface area contributed by atoms with Crippen molar-refractivity contribution in [3.05, 3.63) is 75.0 Å². The van der Waals surface area contributed by atoms with Gasteiger partial charge in [0.05, 0.1) is 0 Å². The average Bonchev–Trinajstić information content (AvgIpc) is 3.37. The van der Waals surface area contributed by atoms with E-state index in [4.69, 9.17) is 0 Å². The lowest BCUT2D eigenvalue weighted by Gasteiger charge is -2.13. The van der Waals surface area contributed by atoms with E-state index in [0.717, 1.165) is 29.5 Å². The third kappa shape index (κ3) is 3.34. The predicted molar refractivity (Wildman–Crippen MR) is 98.4 cm³/mol. The van der Waals surface area contributed by atoms with E-state index < -0.39 is 0 Å². The number of aromatic amines is 1. The Morgan fingerprint density at radius 2 is 1.96 bits per heavy atom. The van der Waals surface area contributed by atoms with Gasteiger partial charge in [-0.25, -0.2) is 4.39 Å². The van der Waals surface area contributed by atoms with Gasteiger partial charge in [-0.3, -0.25) is 9.59 Å². The molecule has 1 amide bonds. The van der Waals surface area contributed by atoms with Gasteiger partial charge in [-0.2, -0.15) is 0 Å². The van der Waals surface area contributed by atoms with Crippen molar-refractivity contribution in [1.29, 1.82) is 0 Å². The number of H-pyrrole nitrogens is 1. The van der Waals surface area contributed by atoms with E-state index in [1.165, 1.54) is 6.07 Å². The molecule has 26 heavy (non-hydrogen) atoms. The molecule has 2 N–H and O–H groups in total. The monoisotopic (exact) mass is 352 g/mol. The van der Waals surface area contributed by atoms with Crippen LogP contribution in [-0.4, -0.2) is 16.9 Å². The van der Waals surface area contributed by atoms with Gasteiger partial charge in [0.25, 0.3) is 5.56 Å². The smallest absolute Gasteiger partial charge is 0.251 e. The van der Waals surface area contributed by atoms with Gasteiger partial charge in [0.15, 0.2) is 0 Å². The largest absolute Gasteiger partial charge is 0.350 e. The zero-order chi connectivity index (χ0) is 18.3. The van der Waals surface area contributed by atoms with Gasteiger partial charge in [0, 0.05) is 29.3 Å². The summed E-state index contributed by atoms with van der Waals surface area (Å²) < 4.78 is 13.7. The maximum atomic E-state index is 13.7. The van der Waals surface area contributed by atoms with Gasteiger partial charge in [0.2, 0.25) is 5.91 Å². The number of hydrogen-bond donors (Lipinski definition) is 2. The topological polar surface area (TPSA) is 62.0 Å². The standard InChI is InChI=1S/C21H21FN2O2/c1-12-10-14(4-7-18(12)22)17(11-15-5-9-20(25)23-15)19-8-6-16(13-2-3-13)21(26)24-19/h4,6-8,10-11,13,15H,2-3,5,9H2,1H3,(H,23,25)(H,24,26)/t15-/m1/s1. The molecule has 0 spiro atoms. The first-order valence-electron chi connectivity index (χ1n) is 9.02. The predicted octanol–water partition coefficient (Wildman–Crippen LogP) is 3.41. The van der Waals surface area contributed by atoms with Gasteiger partial charge in [-0.15, -0.1) is 0 Å². The Hall–Kier alpha value is -2.69. The maximum absolute atomic E-state index is 13.7. The van der Waals surface area contributed by atoms with Gasteiger partial charge >= 0.3 is 0 Å². The number of benzene rings is 1. The number of aryl methyl sites for hydroxylation is 1. The van der Waals surface area contributed by atoms with Crippen LogP contribution < -0.4 is 10.9 Å². The third-order valence-electron chi connectivity index (χ3n) is 5.11. The van der Waals surface area contributed by atoms with Gasteiger partial charge in [-0.05, 0) is 61.4 Å². The number of halogens is 1. The molecule has 5 heteroatoms. The minimum atomic E-state index is -0.264. The van der Waals surface area contributed by atoms with E-state index in [1.807, 2.05) is 18.2 Å². The second-order valence-electron chi connectivity index (χ2n) is 7.19. The SMILES string of the molecule is Cc1cc(C(=C[C@H]2CCC(=O)N2)c2ccc(C3CC3)c(=O)[nH]2)ccc1F. The lowest BCUT2D eigenvalue weighted by molar-refractivity contribution is -0.119. The molecule has 2 aromatic rings. The zero-order valence-electron chi connectivity index (χ0n) is 14.6. The lowest BCUT2D eigenvalue weighted by Crippen LogP contribution is -2.23. The van der Waals surface area contributed by atoms with E-state index in [1.54, 1.807) is 19.1 Å². The van der Waals surface area contributed by atoms with Crippen LogP contribution in [0.2, 0.25) is 0 Å². The molecule has 0 bridgehead atoms. The minimum absolute atomic E-state index is 0.0264. The van der Waals surface area contributed by atoms with Crippen LogP contribution in [0.4, 0.5) is 4.39 Å². The van der Waals surface area contributed by atoms with Crippen LogP contribution in [-0.2, 0) is 4.79 Å². The summed E-state index contributed by atoms with van der Waals surface area (Å²) in [5.74, 6) is 0.140. The molecule has 4 rings (SSSR count). The number of carbonyl (C=O) groups excluding carboxylic acids is 1. The maximum Gasteiger partial charge on any atom is 0.251 e. The van der Waals surface area contributed by atoms with E-state index in [0.29, 0.717) is 30.0 Å². The number of pyridine rings is 1. The van der Waals surface area contributed by atoms with Crippen molar-refractivity contribution in [2.45, 2.75) is 44.6 Å². The molecular weight excluding hydrogens is 331 g/mol. The Morgan fingerprint density at radius 3 is 2.58 bits per heavy atom. The van der Waals surface area contributed by atoms with Crippen LogP contribution in [0.1, 0.15) is 54.0 Å². The van der Waals surface area contributed by atoms with Crippen molar-refractivity contribution < 1.29 is 9.18 Å². The molecule has 1 saturated heterocycles. The van der Waals surface area contributed by atoms with Crippen LogP contribution in [0.25, 0.3) is 5.57 Å². The third-order valence-corrected chi connectivity index (χ3v) is 5.11. The fourth-order valence-corrected chi connectivity index (χ4v) is 3.48. The van der Waals surface area contributed by atoms with Gasteiger partial charge in [0.1, 0.15) is 5.82 Å². The summed E-state index contributed by atoms with van der Waals surface area (Å²) in [7, 11) is 0. The van der Waals surface area contributed by atoms with E-state index in [2.05, 4.69) is 10.3 Å². The highest BCUT2D eigenvalue weighted by molar-refractivity contribution is 5.82. The van der Waals surface area contributed by atoms with Crippen molar-refractivity contribution in [3.8, 4) is 0 Å². The molecule has 1 saturated carbocycles. The first kappa shape index (κ1) is 16.8. The Bertz CT molecular complexity index is 957. The molecule has 0 radical (unpaired) electrons. The minimum Gasteiger partial charge on any atom is -0.350 e. The highest BCUT2D eigenvalue weighted by Crippen LogP contribution is 2.38. The normalized spacial score (nSPS) is 20.3. The first-order valence-corrected chi connectivity index (χ1v) is 9.02. The van der Waals surface area contributed by atoms with Crippen molar-refractivity contribution >= 4 is 11.5 Å². The molecular formula is C21H21FN2O2. The summed E-state index contributed by atoms with van der Waals surface area (Å²) in [5, 5.41) is 2.92. The van der Waals surface area contributed by atoms with Gasteiger partial charge < -0.3 is 10.3 Å². The molecule has 0 unspecified atom stereocenters. The molecule has 1 atom stereocenters. The molecule has 4 nitrogen and oxygen atoms in total. The quantitative estimate of drug-likeness (QED) is 0.886. The second-order valence-corrected chi connectivity index (χ2v) is 7.19. The van der Waals surface area contributed by atoms with E-state index in [-0.39, 0.29) is 23.3 Å². The molecule has 1 aliphatic heterocycles. The summed E-state index contributed by atoms with van der Waals surface area (Å²) in [6, 6.07) is 8.62. The highest BCUT2D eigenvalue weighted by Gasteiger charge is 2.26. The first-order chi connectivity index (χ1) is 12.5. The average molecular weight is 352 g/mol. The summed E-state index contributed by atoms with van der Waals surface area (Å²) in [5.41, 5.74) is 3.62. The van der Waals surface area contributed by atoms with Crippen LogP contribution in [0.5, 0.6) is 0 Å².